The van der Waals surface area contributed by atoms with E-state index in [0.717, 1.165) is 17.1 Å². The predicted molar refractivity (Wildman–Crippen MR) is 67.3 cm³/mol. The van der Waals surface area contributed by atoms with Crippen molar-refractivity contribution in [3.05, 3.63) is 29.8 Å². The topological polar surface area (TPSA) is 47.6 Å². The van der Waals surface area contributed by atoms with E-state index in [2.05, 4.69) is 5.32 Å². The summed E-state index contributed by atoms with van der Waals surface area (Å²) in [6.45, 7) is 2.00. The van der Waals surface area contributed by atoms with Gasteiger partial charge in [-0.25, -0.2) is 0 Å². The summed E-state index contributed by atoms with van der Waals surface area (Å²) in [7, 11) is 3.22. The Morgan fingerprint density at radius 3 is 2.29 bits per heavy atom. The molecular formula is C13H17NO3. The molecule has 0 bridgehead atoms. The van der Waals surface area contributed by atoms with Crippen LogP contribution in [0.2, 0.25) is 0 Å². The lowest BCUT2D eigenvalue weighted by Crippen LogP contribution is -2.19. The minimum absolute atomic E-state index is 0.0436. The number of nitrogens with one attached hydrogen (secondary N) is 1. The Morgan fingerprint density at radius 2 is 1.82 bits per heavy atom. The van der Waals surface area contributed by atoms with E-state index in [1.165, 1.54) is 6.92 Å². The van der Waals surface area contributed by atoms with Gasteiger partial charge in [0.05, 0.1) is 14.2 Å². The lowest BCUT2D eigenvalue weighted by Gasteiger charge is -2.05. The van der Waals surface area contributed by atoms with E-state index in [4.69, 9.17) is 9.47 Å². The zero-order valence-electron chi connectivity index (χ0n) is 10.3. The summed E-state index contributed by atoms with van der Waals surface area (Å²) in [5.41, 5.74) is 0.964. The molecule has 1 amide bonds. The quantitative estimate of drug-likeness (QED) is 0.847. The highest BCUT2D eigenvalue weighted by molar-refractivity contribution is 5.73. The van der Waals surface area contributed by atoms with E-state index in [9.17, 15) is 4.79 Å². The molecule has 0 atom stereocenters. The second-order valence-corrected chi connectivity index (χ2v) is 3.49. The van der Waals surface area contributed by atoms with Crippen LogP contribution < -0.4 is 14.8 Å². The molecule has 0 spiro atoms. The van der Waals surface area contributed by atoms with Crippen LogP contribution in [0.1, 0.15) is 12.5 Å². The number of rotatable bonds is 5. The molecule has 1 aromatic rings. The van der Waals surface area contributed by atoms with Gasteiger partial charge < -0.3 is 14.8 Å². The zero-order chi connectivity index (χ0) is 12.7. The normalized spacial score (nSPS) is 10.3. The highest BCUT2D eigenvalue weighted by atomic mass is 16.5. The van der Waals surface area contributed by atoms with Crippen molar-refractivity contribution in [3.63, 3.8) is 0 Å². The maximum atomic E-state index is 10.7. The molecule has 0 aliphatic rings. The molecule has 0 unspecified atom stereocenters. The summed E-state index contributed by atoms with van der Waals surface area (Å²) in [6, 6.07) is 5.60. The Kier molecular flexibility index (Phi) is 5.07. The molecule has 0 aromatic heterocycles. The average molecular weight is 235 g/mol. The molecule has 1 N–H and O–H groups in total. The minimum atomic E-state index is -0.0436. The molecule has 0 aliphatic carbocycles. The third-order valence-corrected chi connectivity index (χ3v) is 2.15. The monoisotopic (exact) mass is 235 g/mol. The summed E-state index contributed by atoms with van der Waals surface area (Å²) < 4.78 is 10.3. The van der Waals surface area contributed by atoms with Crippen molar-refractivity contribution >= 4 is 12.0 Å². The molecule has 4 nitrogen and oxygen atoms in total. The molecule has 0 heterocycles. The van der Waals surface area contributed by atoms with Crippen LogP contribution in [-0.2, 0) is 4.79 Å². The number of hydrogen-bond donors (Lipinski definition) is 1. The highest BCUT2D eigenvalue weighted by Gasteiger charge is 1.98. The van der Waals surface area contributed by atoms with Crippen molar-refractivity contribution in [1.29, 1.82) is 0 Å². The highest BCUT2D eigenvalue weighted by Crippen LogP contribution is 2.23. The van der Waals surface area contributed by atoms with Gasteiger partial charge in [-0.1, -0.05) is 12.2 Å². The number of methoxy groups -OCH3 is 2. The van der Waals surface area contributed by atoms with Crippen LogP contribution in [0.3, 0.4) is 0 Å². The summed E-state index contributed by atoms with van der Waals surface area (Å²) in [6.07, 6.45) is 3.77. The van der Waals surface area contributed by atoms with Crippen molar-refractivity contribution in [2.24, 2.45) is 0 Å². The molecule has 0 aliphatic heterocycles. The van der Waals surface area contributed by atoms with E-state index in [1.54, 1.807) is 14.2 Å². The smallest absolute Gasteiger partial charge is 0.217 e. The Morgan fingerprint density at radius 1 is 1.24 bits per heavy atom. The van der Waals surface area contributed by atoms with E-state index in [1.807, 2.05) is 30.4 Å². The largest absolute Gasteiger partial charge is 0.497 e. The third-order valence-electron chi connectivity index (χ3n) is 2.15. The van der Waals surface area contributed by atoms with Crippen LogP contribution in [0.4, 0.5) is 0 Å². The molecule has 0 saturated carbocycles. The van der Waals surface area contributed by atoms with Gasteiger partial charge in [0.25, 0.3) is 0 Å². The molecule has 4 heteroatoms. The van der Waals surface area contributed by atoms with Crippen LogP contribution in [0.15, 0.2) is 24.3 Å². The molecule has 0 fully saturated rings. The zero-order valence-corrected chi connectivity index (χ0v) is 10.3. The number of carbonyl (C=O) groups is 1. The van der Waals surface area contributed by atoms with Crippen LogP contribution in [0.5, 0.6) is 11.5 Å². The fourth-order valence-corrected chi connectivity index (χ4v) is 1.32. The van der Waals surface area contributed by atoms with Gasteiger partial charge in [-0.3, -0.25) is 4.79 Å². The van der Waals surface area contributed by atoms with Gasteiger partial charge in [0.2, 0.25) is 5.91 Å². The fourth-order valence-electron chi connectivity index (χ4n) is 1.32. The molecular weight excluding hydrogens is 218 g/mol. The SMILES string of the molecule is COc1cc(C=CCNC(C)=O)cc(OC)c1. The van der Waals surface area contributed by atoms with E-state index >= 15 is 0 Å². The summed E-state index contributed by atoms with van der Waals surface area (Å²) in [5.74, 6) is 1.44. The van der Waals surface area contributed by atoms with Gasteiger partial charge in [-0.05, 0) is 17.7 Å². The molecule has 1 rings (SSSR count). The van der Waals surface area contributed by atoms with Gasteiger partial charge in [0.1, 0.15) is 11.5 Å². The standard InChI is InChI=1S/C13H17NO3/c1-10(15)14-6-4-5-11-7-12(16-2)9-13(8-11)17-3/h4-5,7-9H,6H2,1-3H3,(H,14,15). The van der Waals surface area contributed by atoms with Gasteiger partial charge in [-0.15, -0.1) is 0 Å². The Balaban J connectivity index is 2.72. The van der Waals surface area contributed by atoms with Crippen LogP contribution in [0.25, 0.3) is 6.08 Å². The number of ether oxygens (including phenoxy) is 2. The van der Waals surface area contributed by atoms with Gasteiger partial charge in [0, 0.05) is 19.5 Å². The third kappa shape index (κ3) is 4.59. The second kappa shape index (κ2) is 6.58. The molecule has 17 heavy (non-hydrogen) atoms. The first-order valence-corrected chi connectivity index (χ1v) is 5.29. The first-order valence-electron chi connectivity index (χ1n) is 5.29. The molecule has 0 radical (unpaired) electrons. The number of hydrogen-bond acceptors (Lipinski definition) is 3. The maximum absolute atomic E-state index is 10.7. The Hall–Kier alpha value is -1.97. The van der Waals surface area contributed by atoms with Crippen molar-refractivity contribution in [3.8, 4) is 11.5 Å². The van der Waals surface area contributed by atoms with Gasteiger partial charge >= 0.3 is 0 Å². The van der Waals surface area contributed by atoms with Crippen molar-refractivity contribution in [2.45, 2.75) is 6.92 Å². The van der Waals surface area contributed by atoms with Crippen LogP contribution >= 0.6 is 0 Å². The second-order valence-electron chi connectivity index (χ2n) is 3.49. The summed E-state index contributed by atoms with van der Waals surface area (Å²) >= 11 is 0. The lowest BCUT2D eigenvalue weighted by atomic mass is 10.2. The Labute approximate surface area is 101 Å². The number of benzene rings is 1. The van der Waals surface area contributed by atoms with Gasteiger partial charge in [0.15, 0.2) is 0 Å². The van der Waals surface area contributed by atoms with Crippen molar-refractivity contribution in [2.75, 3.05) is 20.8 Å². The lowest BCUT2D eigenvalue weighted by molar-refractivity contribution is -0.118. The van der Waals surface area contributed by atoms with Crippen molar-refractivity contribution in [1.82, 2.24) is 5.32 Å². The summed E-state index contributed by atoms with van der Waals surface area (Å²) in [5, 5.41) is 2.68. The van der Waals surface area contributed by atoms with E-state index in [-0.39, 0.29) is 5.91 Å². The fraction of sp³-hybridized carbons (Fsp3) is 0.308. The minimum Gasteiger partial charge on any atom is -0.497 e. The van der Waals surface area contributed by atoms with E-state index < -0.39 is 0 Å². The summed E-state index contributed by atoms with van der Waals surface area (Å²) in [4.78, 5) is 10.7. The first kappa shape index (κ1) is 13.1. The molecule has 0 saturated heterocycles. The maximum Gasteiger partial charge on any atom is 0.217 e. The molecule has 92 valence electrons. The molecule has 1 aromatic carbocycles. The first-order chi connectivity index (χ1) is 8.15. The predicted octanol–water partition coefficient (Wildman–Crippen LogP) is 1.85. The average Bonchev–Trinajstić information content (AvgIpc) is 2.34. The van der Waals surface area contributed by atoms with Crippen LogP contribution in [0, 0.1) is 0 Å². The van der Waals surface area contributed by atoms with Gasteiger partial charge in [-0.2, -0.15) is 0 Å². The number of amides is 1. The number of carbonyl (C=O) groups excluding carboxylic acids is 1. The van der Waals surface area contributed by atoms with Crippen molar-refractivity contribution < 1.29 is 14.3 Å². The Bertz CT molecular complexity index is 391. The van der Waals surface area contributed by atoms with Crippen LogP contribution in [-0.4, -0.2) is 26.7 Å². The van der Waals surface area contributed by atoms with E-state index in [0.29, 0.717) is 6.54 Å².